The number of thioether (sulfide) groups is 1. The van der Waals surface area contributed by atoms with Crippen molar-refractivity contribution >= 4 is 46.7 Å². The Morgan fingerprint density at radius 2 is 2.00 bits per heavy atom. The van der Waals surface area contributed by atoms with E-state index in [4.69, 9.17) is 28.0 Å². The van der Waals surface area contributed by atoms with Crippen LogP contribution in [-0.2, 0) is 10.4 Å². The molecule has 1 saturated heterocycles. The highest BCUT2D eigenvalue weighted by Gasteiger charge is 2.60. The second-order valence-corrected chi connectivity index (χ2v) is 8.84. The summed E-state index contributed by atoms with van der Waals surface area (Å²) in [7, 11) is 0. The minimum atomic E-state index is -4.83. The number of hydrogen-bond acceptors (Lipinski definition) is 5. The van der Waals surface area contributed by atoms with Gasteiger partial charge in [0.2, 0.25) is 5.60 Å². The number of amides is 1. The van der Waals surface area contributed by atoms with Crippen molar-refractivity contribution < 1.29 is 22.8 Å². The number of halogens is 5. The Labute approximate surface area is 183 Å². The fourth-order valence-corrected chi connectivity index (χ4v) is 4.32. The molecule has 0 aliphatic carbocycles. The first-order valence-corrected chi connectivity index (χ1v) is 10.7. The molecule has 4 rings (SSSR count). The SMILES string of the molecule is Cc1c(C(=O)NC2CSC2)cnn1C1=CC(c2cc(Cl)cc(Cl)c2)(C(F)(F)F)ON1. The number of carbonyl (C=O) groups is 1. The number of rotatable bonds is 4. The molecule has 12 heteroatoms. The summed E-state index contributed by atoms with van der Waals surface area (Å²) < 4.78 is 43.4. The molecule has 1 atom stereocenters. The van der Waals surface area contributed by atoms with Crippen molar-refractivity contribution in [2.75, 3.05) is 11.5 Å². The molecule has 3 heterocycles. The van der Waals surface area contributed by atoms with E-state index in [1.807, 2.05) is 0 Å². The first-order chi connectivity index (χ1) is 14.1. The molecule has 1 amide bonds. The molecule has 0 spiro atoms. The zero-order valence-electron chi connectivity index (χ0n) is 15.4. The van der Waals surface area contributed by atoms with Crippen LogP contribution in [-0.4, -0.2) is 39.4 Å². The van der Waals surface area contributed by atoms with E-state index in [1.54, 1.807) is 18.7 Å². The van der Waals surface area contributed by atoms with E-state index >= 15 is 0 Å². The molecule has 1 unspecified atom stereocenters. The third-order valence-electron chi connectivity index (χ3n) is 4.83. The number of nitrogens with zero attached hydrogens (tertiary/aromatic N) is 2. The zero-order valence-corrected chi connectivity index (χ0v) is 17.7. The normalized spacial score (nSPS) is 21.7. The summed E-state index contributed by atoms with van der Waals surface area (Å²) in [6, 6.07) is 3.68. The van der Waals surface area contributed by atoms with Gasteiger partial charge in [0.25, 0.3) is 5.91 Å². The maximum Gasteiger partial charge on any atom is 0.428 e. The van der Waals surface area contributed by atoms with Crippen molar-refractivity contribution in [2.24, 2.45) is 0 Å². The van der Waals surface area contributed by atoms with Crippen LogP contribution >= 0.6 is 35.0 Å². The van der Waals surface area contributed by atoms with Crippen LogP contribution in [0.1, 0.15) is 21.6 Å². The van der Waals surface area contributed by atoms with Gasteiger partial charge in [-0.2, -0.15) is 30.0 Å². The number of benzene rings is 1. The van der Waals surface area contributed by atoms with Crippen LogP contribution in [0.3, 0.4) is 0 Å². The number of hydrogen-bond donors (Lipinski definition) is 2. The van der Waals surface area contributed by atoms with Gasteiger partial charge in [-0.25, -0.2) is 15.0 Å². The molecule has 30 heavy (non-hydrogen) atoms. The predicted molar refractivity (Wildman–Crippen MR) is 108 cm³/mol. The van der Waals surface area contributed by atoms with Crippen LogP contribution < -0.4 is 10.8 Å². The van der Waals surface area contributed by atoms with E-state index < -0.39 is 11.8 Å². The lowest BCUT2D eigenvalue weighted by atomic mass is 9.93. The lowest BCUT2D eigenvalue weighted by Gasteiger charge is -2.28. The Balaban J connectivity index is 1.71. The summed E-state index contributed by atoms with van der Waals surface area (Å²) in [5.74, 6) is 1.25. The number of carbonyl (C=O) groups excluding carboxylic acids is 1. The van der Waals surface area contributed by atoms with E-state index in [1.165, 1.54) is 16.9 Å². The molecule has 6 nitrogen and oxygen atoms in total. The summed E-state index contributed by atoms with van der Waals surface area (Å²) in [6.45, 7) is 1.59. The van der Waals surface area contributed by atoms with Crippen LogP contribution in [0.4, 0.5) is 13.2 Å². The third-order valence-corrected chi connectivity index (χ3v) is 6.54. The van der Waals surface area contributed by atoms with Crippen molar-refractivity contribution in [3.8, 4) is 0 Å². The fraction of sp³-hybridized carbons (Fsp3) is 0.333. The lowest BCUT2D eigenvalue weighted by molar-refractivity contribution is -0.269. The second kappa shape index (κ2) is 7.67. The Morgan fingerprint density at radius 1 is 1.33 bits per heavy atom. The van der Waals surface area contributed by atoms with E-state index in [0.29, 0.717) is 5.69 Å². The molecule has 0 saturated carbocycles. The standard InChI is InChI=1S/C18H15Cl2F3N4O2S/c1-9-14(16(28)25-13-7-30-8-13)6-24-27(9)15-5-17(29-26-15,18(21,22)23)10-2-11(19)4-12(20)3-10/h2-6,13,26H,7-8H2,1H3,(H,25,28). The highest BCUT2D eigenvalue weighted by molar-refractivity contribution is 8.00. The quantitative estimate of drug-likeness (QED) is 0.691. The van der Waals surface area contributed by atoms with Crippen molar-refractivity contribution in [1.29, 1.82) is 0 Å². The van der Waals surface area contributed by atoms with Gasteiger partial charge in [0, 0.05) is 39.2 Å². The van der Waals surface area contributed by atoms with E-state index in [0.717, 1.165) is 29.7 Å². The summed E-state index contributed by atoms with van der Waals surface area (Å²) in [5, 5.41) is 7.00. The topological polar surface area (TPSA) is 68.2 Å². The van der Waals surface area contributed by atoms with Crippen LogP contribution in [0.5, 0.6) is 0 Å². The van der Waals surface area contributed by atoms with Crippen LogP contribution in [0.15, 0.2) is 30.5 Å². The van der Waals surface area contributed by atoms with Gasteiger partial charge in [-0.15, -0.1) is 0 Å². The fourth-order valence-electron chi connectivity index (χ4n) is 3.16. The molecular formula is C18H15Cl2F3N4O2S. The van der Waals surface area contributed by atoms with E-state index in [-0.39, 0.29) is 38.9 Å². The Kier molecular flexibility index (Phi) is 5.46. The van der Waals surface area contributed by atoms with Crippen molar-refractivity contribution in [3.05, 3.63) is 57.3 Å². The van der Waals surface area contributed by atoms with Crippen molar-refractivity contribution in [3.63, 3.8) is 0 Å². The smallest absolute Gasteiger partial charge is 0.348 e. The van der Waals surface area contributed by atoms with Crippen LogP contribution in [0.25, 0.3) is 5.82 Å². The molecule has 0 radical (unpaired) electrons. The molecule has 0 bridgehead atoms. The van der Waals surface area contributed by atoms with Gasteiger partial charge in [0.15, 0.2) is 5.82 Å². The van der Waals surface area contributed by atoms with Crippen molar-refractivity contribution in [1.82, 2.24) is 20.6 Å². The average Bonchev–Trinajstić information content (AvgIpc) is 3.21. The molecule has 160 valence electrons. The second-order valence-electron chi connectivity index (χ2n) is 6.89. The first kappa shape index (κ1) is 21.4. The Bertz CT molecular complexity index is 1020. The molecule has 1 aromatic carbocycles. The number of aromatic nitrogens is 2. The molecule has 2 aliphatic rings. The van der Waals surface area contributed by atoms with Gasteiger partial charge in [-0.1, -0.05) is 23.2 Å². The largest absolute Gasteiger partial charge is 0.428 e. The lowest BCUT2D eigenvalue weighted by Crippen LogP contribution is -2.43. The van der Waals surface area contributed by atoms with Gasteiger partial charge in [-0.05, 0) is 25.1 Å². The van der Waals surface area contributed by atoms with E-state index in [2.05, 4.69) is 15.9 Å². The molecular weight excluding hydrogens is 464 g/mol. The average molecular weight is 479 g/mol. The minimum absolute atomic E-state index is 0.0370. The molecule has 1 fully saturated rings. The van der Waals surface area contributed by atoms with Gasteiger partial charge in [0.05, 0.1) is 17.5 Å². The maximum absolute atomic E-state index is 14.1. The summed E-state index contributed by atoms with van der Waals surface area (Å²) in [4.78, 5) is 17.5. The first-order valence-electron chi connectivity index (χ1n) is 8.74. The minimum Gasteiger partial charge on any atom is -0.348 e. The third kappa shape index (κ3) is 3.66. The summed E-state index contributed by atoms with van der Waals surface area (Å²) >= 11 is 13.5. The maximum atomic E-state index is 14.1. The Morgan fingerprint density at radius 3 is 2.57 bits per heavy atom. The molecule has 2 N–H and O–H groups in total. The van der Waals surface area contributed by atoms with Gasteiger partial charge >= 0.3 is 6.18 Å². The van der Waals surface area contributed by atoms with Gasteiger partial charge in [0.1, 0.15) is 0 Å². The predicted octanol–water partition coefficient (Wildman–Crippen LogP) is 4.13. The zero-order chi connectivity index (χ0) is 21.7. The van der Waals surface area contributed by atoms with Crippen molar-refractivity contribution in [2.45, 2.75) is 24.7 Å². The summed E-state index contributed by atoms with van der Waals surface area (Å²) in [5.41, 5.74) is -0.206. The number of alkyl halides is 3. The highest BCUT2D eigenvalue weighted by atomic mass is 35.5. The molecule has 1 aromatic heterocycles. The molecule has 2 aliphatic heterocycles. The monoisotopic (exact) mass is 478 g/mol. The Hall–Kier alpha value is -1.88. The van der Waals surface area contributed by atoms with Crippen LogP contribution in [0, 0.1) is 6.92 Å². The van der Waals surface area contributed by atoms with Crippen LogP contribution in [0.2, 0.25) is 10.0 Å². The molecule has 2 aromatic rings. The van der Waals surface area contributed by atoms with Gasteiger partial charge in [-0.3, -0.25) is 4.79 Å². The highest BCUT2D eigenvalue weighted by Crippen LogP contribution is 2.47. The van der Waals surface area contributed by atoms with Gasteiger partial charge < -0.3 is 5.32 Å². The van der Waals surface area contributed by atoms with E-state index in [9.17, 15) is 18.0 Å². The summed E-state index contributed by atoms with van der Waals surface area (Å²) in [6.07, 6.45) is -2.68. The number of nitrogens with one attached hydrogen (secondary N) is 2. The number of hydroxylamine groups is 1.